The van der Waals surface area contributed by atoms with Gasteiger partial charge in [-0.05, 0) is 57.8 Å². The first-order valence-electron chi connectivity index (χ1n) is 33.5. The zero-order valence-corrected chi connectivity index (χ0v) is 50.6. The van der Waals surface area contributed by atoms with Crippen molar-refractivity contribution in [2.75, 3.05) is 13.2 Å². The van der Waals surface area contributed by atoms with E-state index >= 15 is 0 Å². The Hall–Kier alpha value is -2.37. The summed E-state index contributed by atoms with van der Waals surface area (Å²) in [7, 11) is 0. The van der Waals surface area contributed by atoms with E-state index in [0.717, 1.165) is 77.0 Å². The predicted molar refractivity (Wildman–Crippen MR) is 326 cm³/mol. The van der Waals surface area contributed by atoms with Gasteiger partial charge in [0.1, 0.15) is 13.2 Å². The van der Waals surface area contributed by atoms with E-state index in [-0.39, 0.29) is 31.1 Å². The van der Waals surface area contributed by atoms with Gasteiger partial charge in [0.2, 0.25) is 0 Å². The summed E-state index contributed by atoms with van der Waals surface area (Å²) in [5.41, 5.74) is 0. The summed E-state index contributed by atoms with van der Waals surface area (Å²) in [5.74, 6) is -0.867. The number of esters is 3. The third-order valence-electron chi connectivity index (χ3n) is 15.1. The lowest BCUT2D eigenvalue weighted by Crippen LogP contribution is -2.30. The Kier molecular flexibility index (Phi) is 62.1. The molecule has 0 aromatic carbocycles. The maximum atomic E-state index is 12.8. The summed E-state index contributed by atoms with van der Waals surface area (Å²) in [5, 5.41) is 0. The third kappa shape index (κ3) is 62.4. The van der Waals surface area contributed by atoms with Crippen LogP contribution in [0.2, 0.25) is 0 Å². The van der Waals surface area contributed by atoms with Crippen molar-refractivity contribution >= 4 is 17.9 Å². The summed E-state index contributed by atoms with van der Waals surface area (Å²) in [4.78, 5) is 38.0. The molecule has 440 valence electrons. The molecule has 6 nitrogen and oxygen atoms in total. The Morgan fingerprint density at radius 3 is 0.747 bits per heavy atom. The summed E-state index contributed by atoms with van der Waals surface area (Å²) in [6.45, 7) is 6.62. The molecule has 0 aliphatic rings. The molecule has 1 atom stereocenters. The highest BCUT2D eigenvalue weighted by molar-refractivity contribution is 5.71. The maximum Gasteiger partial charge on any atom is 0.306 e. The minimum atomic E-state index is -0.771. The van der Waals surface area contributed by atoms with Crippen LogP contribution in [0.1, 0.15) is 367 Å². The number of allylic oxidation sites excluding steroid dienone is 6. The van der Waals surface area contributed by atoms with Crippen molar-refractivity contribution in [1.29, 1.82) is 0 Å². The molecule has 0 bridgehead atoms. The Bertz CT molecular complexity index is 1250. The summed E-state index contributed by atoms with van der Waals surface area (Å²) < 4.78 is 16.8. The van der Waals surface area contributed by atoms with Gasteiger partial charge in [-0.15, -0.1) is 0 Å². The number of ether oxygens (including phenoxy) is 3. The molecule has 0 radical (unpaired) electrons. The second-order valence-electron chi connectivity index (χ2n) is 22.7. The van der Waals surface area contributed by atoms with Gasteiger partial charge >= 0.3 is 17.9 Å². The standard InChI is InChI=1S/C69H128O6/c1-4-7-10-13-16-18-20-22-24-26-28-30-32-33-34-35-36-38-39-41-43-45-47-49-51-53-56-59-62-68(71)74-65-66(64-73-67(70)61-58-55-15-12-9-6-3)75-69(72)63-60-57-54-52-50-48-46-44-42-40-37-31-29-27-25-23-21-19-17-14-11-8-5-2/h21,23,27,29,37,40,66H,4-20,22,24-26,28,30-36,38-39,41-65H2,1-3H3/b23-21-,29-27-,40-37-. The van der Waals surface area contributed by atoms with Crippen molar-refractivity contribution in [3.05, 3.63) is 36.5 Å². The highest BCUT2D eigenvalue weighted by Crippen LogP contribution is 2.18. The fourth-order valence-electron chi connectivity index (χ4n) is 10.1. The van der Waals surface area contributed by atoms with Crippen LogP contribution in [0.25, 0.3) is 0 Å². The van der Waals surface area contributed by atoms with E-state index in [1.165, 1.54) is 250 Å². The van der Waals surface area contributed by atoms with Crippen molar-refractivity contribution in [3.63, 3.8) is 0 Å². The summed E-state index contributed by atoms with van der Waals surface area (Å²) in [6, 6.07) is 0. The van der Waals surface area contributed by atoms with Gasteiger partial charge in [0, 0.05) is 19.3 Å². The van der Waals surface area contributed by atoms with E-state index in [2.05, 4.69) is 57.2 Å². The molecule has 0 amide bonds. The molecule has 0 heterocycles. The van der Waals surface area contributed by atoms with Crippen LogP contribution in [-0.2, 0) is 28.6 Å². The average Bonchev–Trinajstić information content (AvgIpc) is 3.41. The Labute approximate surface area is 467 Å². The van der Waals surface area contributed by atoms with Crippen LogP contribution in [0.15, 0.2) is 36.5 Å². The van der Waals surface area contributed by atoms with Crippen molar-refractivity contribution in [2.24, 2.45) is 0 Å². The van der Waals surface area contributed by atoms with Crippen molar-refractivity contribution in [1.82, 2.24) is 0 Å². The highest BCUT2D eigenvalue weighted by Gasteiger charge is 2.19. The SMILES string of the molecule is CCCCCCC/C=C\C/C=C\C/C=C\CCCCCCCCCCC(=O)OC(COC(=O)CCCCCCCC)COC(=O)CCCCCCCCCCCCCCCCCCCCCCCCCCCCCC. The Morgan fingerprint density at radius 1 is 0.267 bits per heavy atom. The molecule has 1 unspecified atom stereocenters. The molecule has 0 spiro atoms. The molecule has 0 rings (SSSR count). The number of rotatable bonds is 62. The topological polar surface area (TPSA) is 78.9 Å². The quantitative estimate of drug-likeness (QED) is 0.0261. The van der Waals surface area contributed by atoms with Crippen LogP contribution < -0.4 is 0 Å². The number of hydrogen-bond acceptors (Lipinski definition) is 6. The molecular formula is C69H128O6. The molecule has 0 aromatic heterocycles. The van der Waals surface area contributed by atoms with E-state index in [1.54, 1.807) is 0 Å². The second-order valence-corrected chi connectivity index (χ2v) is 22.7. The summed E-state index contributed by atoms with van der Waals surface area (Å²) in [6.07, 6.45) is 79.2. The van der Waals surface area contributed by atoms with Gasteiger partial charge in [-0.25, -0.2) is 0 Å². The number of carbonyl (C=O) groups excluding carboxylic acids is 3. The minimum absolute atomic E-state index is 0.0710. The number of hydrogen-bond donors (Lipinski definition) is 0. The van der Waals surface area contributed by atoms with Crippen LogP contribution >= 0.6 is 0 Å². The molecule has 0 saturated carbocycles. The van der Waals surface area contributed by atoms with Gasteiger partial charge in [0.25, 0.3) is 0 Å². The maximum absolute atomic E-state index is 12.8. The first kappa shape index (κ1) is 72.6. The van der Waals surface area contributed by atoms with Gasteiger partial charge in [-0.3, -0.25) is 14.4 Å². The molecule has 0 fully saturated rings. The predicted octanol–water partition coefficient (Wildman–Crippen LogP) is 22.8. The lowest BCUT2D eigenvalue weighted by Gasteiger charge is -2.18. The van der Waals surface area contributed by atoms with Crippen LogP contribution in [0.4, 0.5) is 0 Å². The van der Waals surface area contributed by atoms with Crippen LogP contribution in [0.3, 0.4) is 0 Å². The van der Waals surface area contributed by atoms with Crippen molar-refractivity contribution < 1.29 is 28.6 Å². The van der Waals surface area contributed by atoms with Gasteiger partial charge < -0.3 is 14.2 Å². The van der Waals surface area contributed by atoms with E-state index < -0.39 is 6.10 Å². The molecule has 0 aliphatic carbocycles. The van der Waals surface area contributed by atoms with Gasteiger partial charge in [-0.2, -0.15) is 0 Å². The number of carbonyl (C=O) groups is 3. The zero-order chi connectivity index (χ0) is 54.3. The monoisotopic (exact) mass is 1050 g/mol. The molecule has 0 aromatic rings. The van der Waals surface area contributed by atoms with Gasteiger partial charge in [0.15, 0.2) is 6.10 Å². The molecule has 0 aliphatic heterocycles. The lowest BCUT2D eigenvalue weighted by molar-refractivity contribution is -0.167. The van der Waals surface area contributed by atoms with E-state index in [9.17, 15) is 14.4 Å². The van der Waals surface area contributed by atoms with Crippen molar-refractivity contribution in [3.8, 4) is 0 Å². The lowest BCUT2D eigenvalue weighted by atomic mass is 10.0. The molecule has 75 heavy (non-hydrogen) atoms. The minimum Gasteiger partial charge on any atom is -0.462 e. The largest absolute Gasteiger partial charge is 0.462 e. The van der Waals surface area contributed by atoms with Gasteiger partial charge in [-0.1, -0.05) is 327 Å². The second kappa shape index (κ2) is 64.2. The van der Waals surface area contributed by atoms with Crippen molar-refractivity contribution in [2.45, 2.75) is 374 Å². The molecular weight excluding hydrogens is 925 g/mol. The fourth-order valence-corrected chi connectivity index (χ4v) is 10.1. The molecule has 0 saturated heterocycles. The van der Waals surface area contributed by atoms with Gasteiger partial charge in [0.05, 0.1) is 0 Å². The first-order chi connectivity index (χ1) is 37.0. The highest BCUT2D eigenvalue weighted by atomic mass is 16.6. The smallest absolute Gasteiger partial charge is 0.306 e. The number of unbranched alkanes of at least 4 members (excludes halogenated alkanes) is 45. The third-order valence-corrected chi connectivity index (χ3v) is 15.1. The van der Waals surface area contributed by atoms with E-state index in [1.807, 2.05) is 0 Å². The molecule has 6 heteroatoms. The fraction of sp³-hybridized carbons (Fsp3) is 0.870. The van der Waals surface area contributed by atoms with E-state index in [4.69, 9.17) is 14.2 Å². The Morgan fingerprint density at radius 2 is 0.480 bits per heavy atom. The first-order valence-corrected chi connectivity index (χ1v) is 33.5. The zero-order valence-electron chi connectivity index (χ0n) is 50.6. The van der Waals surface area contributed by atoms with E-state index in [0.29, 0.717) is 19.3 Å². The normalized spacial score (nSPS) is 12.2. The van der Waals surface area contributed by atoms with Crippen LogP contribution in [-0.4, -0.2) is 37.2 Å². The molecule has 0 N–H and O–H groups in total. The van der Waals surface area contributed by atoms with Crippen LogP contribution in [0.5, 0.6) is 0 Å². The summed E-state index contributed by atoms with van der Waals surface area (Å²) >= 11 is 0. The average molecular weight is 1050 g/mol. The Balaban J connectivity index is 4.02. The van der Waals surface area contributed by atoms with Crippen LogP contribution in [0, 0.1) is 0 Å².